The summed E-state index contributed by atoms with van der Waals surface area (Å²) < 4.78 is 5.14. The number of aryl methyl sites for hydroxylation is 1. The topological polar surface area (TPSA) is 108 Å². The van der Waals surface area contributed by atoms with Crippen molar-refractivity contribution < 1.29 is 9.53 Å². The van der Waals surface area contributed by atoms with Crippen LogP contribution in [0.25, 0.3) is 0 Å². The molecule has 0 saturated carbocycles. The molecule has 1 amide bonds. The smallest absolute Gasteiger partial charge is 0.275 e. The number of carbonyl (C=O) groups is 1. The van der Waals surface area contributed by atoms with Crippen LogP contribution in [0.5, 0.6) is 5.75 Å². The predicted molar refractivity (Wildman–Crippen MR) is 110 cm³/mol. The zero-order valence-corrected chi connectivity index (χ0v) is 16.6. The first-order chi connectivity index (χ1) is 14.1. The molecule has 0 spiro atoms. The highest BCUT2D eigenvalue weighted by molar-refractivity contribution is 7.16. The third-order valence-electron chi connectivity index (χ3n) is 4.81. The largest absolute Gasteiger partial charge is 0.497 e. The van der Waals surface area contributed by atoms with Crippen molar-refractivity contribution in [1.29, 1.82) is 5.26 Å². The summed E-state index contributed by atoms with van der Waals surface area (Å²) in [6, 6.07) is 10.8. The van der Waals surface area contributed by atoms with E-state index in [0.29, 0.717) is 22.8 Å². The van der Waals surface area contributed by atoms with Crippen molar-refractivity contribution in [3.63, 3.8) is 0 Å². The number of benzene rings is 1. The number of carbonyl (C=O) groups excluding carboxylic acids is 1. The summed E-state index contributed by atoms with van der Waals surface area (Å²) in [6.45, 7) is 0. The maximum absolute atomic E-state index is 12.7. The number of fused-ring (bicyclic) bond motifs is 1. The quantitative estimate of drug-likeness (QED) is 0.677. The molecule has 0 bridgehead atoms. The molecule has 0 unspecified atom stereocenters. The molecule has 7 nitrogen and oxygen atoms in total. The van der Waals surface area contributed by atoms with Gasteiger partial charge in [-0.2, -0.15) is 5.26 Å². The van der Waals surface area contributed by atoms with E-state index < -0.39 is 11.5 Å². The first-order valence-electron chi connectivity index (χ1n) is 9.16. The molecular formula is C21H18N4O3S. The summed E-state index contributed by atoms with van der Waals surface area (Å²) in [4.78, 5) is 32.9. The lowest BCUT2D eigenvalue weighted by molar-refractivity contribution is 0.102. The number of hydrogen-bond acceptors (Lipinski definition) is 6. The van der Waals surface area contributed by atoms with E-state index in [1.165, 1.54) is 17.4 Å². The van der Waals surface area contributed by atoms with Crippen LogP contribution in [0, 0.1) is 11.3 Å². The lowest BCUT2D eigenvalue weighted by atomic mass is 10.1. The highest BCUT2D eigenvalue weighted by atomic mass is 32.1. The maximum Gasteiger partial charge on any atom is 0.275 e. The Morgan fingerprint density at radius 1 is 1.34 bits per heavy atom. The lowest BCUT2D eigenvalue weighted by Gasteiger charge is -2.06. The van der Waals surface area contributed by atoms with Crippen molar-refractivity contribution >= 4 is 22.2 Å². The number of aromatic nitrogens is 2. The van der Waals surface area contributed by atoms with E-state index in [1.807, 2.05) is 24.3 Å². The average molecular weight is 406 g/mol. The van der Waals surface area contributed by atoms with Gasteiger partial charge in [-0.25, -0.2) is 4.98 Å². The number of ether oxygens (including phenoxy) is 1. The molecule has 1 aliphatic rings. The number of rotatable bonds is 5. The van der Waals surface area contributed by atoms with Crippen molar-refractivity contribution in [3.05, 3.63) is 73.8 Å². The average Bonchev–Trinajstić information content (AvgIpc) is 3.28. The van der Waals surface area contributed by atoms with Crippen molar-refractivity contribution in [2.24, 2.45) is 0 Å². The van der Waals surface area contributed by atoms with Crippen LogP contribution in [-0.2, 0) is 19.3 Å². The number of aromatic amines is 1. The molecule has 2 aromatic heterocycles. The van der Waals surface area contributed by atoms with Gasteiger partial charge in [0.25, 0.3) is 11.5 Å². The van der Waals surface area contributed by atoms with Crippen LogP contribution >= 0.6 is 11.3 Å². The molecule has 0 radical (unpaired) electrons. The molecule has 146 valence electrons. The molecular weight excluding hydrogens is 388 g/mol. The van der Waals surface area contributed by atoms with Crippen LogP contribution in [-0.4, -0.2) is 23.0 Å². The molecule has 1 aromatic carbocycles. The second kappa shape index (κ2) is 7.89. The van der Waals surface area contributed by atoms with Gasteiger partial charge in [-0.15, -0.1) is 11.3 Å². The van der Waals surface area contributed by atoms with E-state index >= 15 is 0 Å². The van der Waals surface area contributed by atoms with Crippen LogP contribution in [0.4, 0.5) is 5.00 Å². The summed E-state index contributed by atoms with van der Waals surface area (Å²) >= 11 is 1.43. The van der Waals surface area contributed by atoms with Crippen molar-refractivity contribution in [3.8, 4) is 11.8 Å². The van der Waals surface area contributed by atoms with Gasteiger partial charge in [0.2, 0.25) is 0 Å². The zero-order valence-electron chi connectivity index (χ0n) is 15.7. The Labute approximate surface area is 171 Å². The van der Waals surface area contributed by atoms with E-state index in [-0.39, 0.29) is 5.69 Å². The van der Waals surface area contributed by atoms with Crippen molar-refractivity contribution in [2.75, 3.05) is 12.4 Å². The number of nitrogens with zero attached hydrogens (tertiary/aromatic N) is 2. The molecule has 0 aliphatic heterocycles. The Balaban J connectivity index is 1.56. The van der Waals surface area contributed by atoms with E-state index in [2.05, 4.69) is 21.4 Å². The van der Waals surface area contributed by atoms with Gasteiger partial charge < -0.3 is 15.0 Å². The Hall–Kier alpha value is -3.44. The highest BCUT2D eigenvalue weighted by Crippen LogP contribution is 2.38. The minimum absolute atomic E-state index is 0.0229. The van der Waals surface area contributed by atoms with E-state index in [1.54, 1.807) is 7.11 Å². The van der Waals surface area contributed by atoms with Gasteiger partial charge in [-0.1, -0.05) is 12.1 Å². The van der Waals surface area contributed by atoms with Crippen LogP contribution in [0.15, 0.2) is 35.1 Å². The molecule has 1 aliphatic carbocycles. The number of nitriles is 1. The number of hydrogen-bond donors (Lipinski definition) is 2. The molecule has 2 heterocycles. The number of amides is 1. The fourth-order valence-electron chi connectivity index (χ4n) is 3.42. The molecule has 0 saturated heterocycles. The maximum atomic E-state index is 12.7. The van der Waals surface area contributed by atoms with Crippen LogP contribution < -0.4 is 15.6 Å². The normalized spacial score (nSPS) is 12.3. The first-order valence-corrected chi connectivity index (χ1v) is 9.98. The number of nitrogens with one attached hydrogen (secondary N) is 2. The summed E-state index contributed by atoms with van der Waals surface area (Å²) in [5.74, 6) is 0.630. The van der Waals surface area contributed by atoms with E-state index in [0.717, 1.165) is 41.0 Å². The van der Waals surface area contributed by atoms with Gasteiger partial charge in [0.15, 0.2) is 0 Å². The van der Waals surface area contributed by atoms with Crippen molar-refractivity contribution in [1.82, 2.24) is 9.97 Å². The Morgan fingerprint density at radius 2 is 2.14 bits per heavy atom. The molecule has 0 fully saturated rings. The summed E-state index contributed by atoms with van der Waals surface area (Å²) in [7, 11) is 1.59. The van der Waals surface area contributed by atoms with E-state index in [9.17, 15) is 14.9 Å². The third kappa shape index (κ3) is 3.91. The number of thiophene rings is 1. The van der Waals surface area contributed by atoms with Gasteiger partial charge in [0, 0.05) is 17.4 Å². The van der Waals surface area contributed by atoms with Crippen LogP contribution in [0.1, 0.15) is 44.3 Å². The fourth-order valence-corrected chi connectivity index (χ4v) is 4.66. The fraction of sp³-hybridized carbons (Fsp3) is 0.238. The molecule has 4 rings (SSSR count). The van der Waals surface area contributed by atoms with Gasteiger partial charge in [-0.05, 0) is 42.5 Å². The van der Waals surface area contributed by atoms with Gasteiger partial charge >= 0.3 is 0 Å². The SMILES string of the molecule is COc1ccc(Cc2nc(C(=O)Nc3sc4c(c3C#N)CCC4)cc(=O)[nH]2)cc1. The minimum Gasteiger partial charge on any atom is -0.497 e. The molecule has 2 N–H and O–H groups in total. The summed E-state index contributed by atoms with van der Waals surface area (Å²) in [6.07, 6.45) is 3.20. The summed E-state index contributed by atoms with van der Waals surface area (Å²) in [5, 5.41) is 12.8. The Kier molecular flexibility index (Phi) is 5.14. The third-order valence-corrected chi connectivity index (χ3v) is 6.02. The highest BCUT2D eigenvalue weighted by Gasteiger charge is 2.23. The standard InChI is InChI=1S/C21H18N4O3S/c1-28-13-7-5-12(6-8-13)9-18-23-16(10-19(26)24-18)20(27)25-21-15(11-22)14-3-2-4-17(14)29-21/h5-8,10H,2-4,9H2,1H3,(H,25,27)(H,23,24,26). The van der Waals surface area contributed by atoms with Gasteiger partial charge in [0.1, 0.15) is 28.3 Å². The lowest BCUT2D eigenvalue weighted by Crippen LogP contribution is -2.20. The minimum atomic E-state index is -0.497. The number of methoxy groups -OCH3 is 1. The van der Waals surface area contributed by atoms with E-state index in [4.69, 9.17) is 4.74 Å². The van der Waals surface area contributed by atoms with Crippen molar-refractivity contribution in [2.45, 2.75) is 25.7 Å². The Bertz CT molecular complexity index is 1170. The molecule has 0 atom stereocenters. The van der Waals surface area contributed by atoms with Crippen LogP contribution in [0.2, 0.25) is 0 Å². The van der Waals surface area contributed by atoms with Crippen LogP contribution in [0.3, 0.4) is 0 Å². The first kappa shape index (κ1) is 18.9. The zero-order chi connectivity index (χ0) is 20.4. The Morgan fingerprint density at radius 3 is 2.86 bits per heavy atom. The summed E-state index contributed by atoms with van der Waals surface area (Å²) in [5.41, 5.74) is 2.11. The predicted octanol–water partition coefficient (Wildman–Crippen LogP) is 3.04. The molecule has 29 heavy (non-hydrogen) atoms. The number of anilines is 1. The number of H-pyrrole nitrogens is 1. The van der Waals surface area contributed by atoms with Gasteiger partial charge in [0.05, 0.1) is 12.7 Å². The monoisotopic (exact) mass is 406 g/mol. The second-order valence-electron chi connectivity index (χ2n) is 6.73. The second-order valence-corrected chi connectivity index (χ2v) is 7.83. The molecule has 3 aromatic rings. The molecule has 8 heteroatoms. The van der Waals surface area contributed by atoms with Gasteiger partial charge in [-0.3, -0.25) is 9.59 Å².